The largest absolute Gasteiger partial charge is 0.340 e. The van der Waals surface area contributed by atoms with Crippen molar-refractivity contribution >= 4 is 23.1 Å². The Morgan fingerprint density at radius 1 is 0.882 bits per heavy atom. The number of benzene rings is 2. The first kappa shape index (κ1) is 25.2. The normalized spacial score (nSPS) is 10.2. The first-order chi connectivity index (χ1) is 16.5. The highest BCUT2D eigenvalue weighted by atomic mass is 35.5. The number of halogens is 1. The minimum atomic E-state index is 0.663. The zero-order valence-electron chi connectivity index (χ0n) is 20.2. The molecule has 0 aliphatic heterocycles. The highest BCUT2D eigenvalue weighted by Crippen LogP contribution is 2.32. The summed E-state index contributed by atoms with van der Waals surface area (Å²) in [6.45, 7) is 10.7. The number of hydrogen-bond acceptors (Lipinski definition) is 3. The molecule has 4 heteroatoms. The maximum absolute atomic E-state index is 6.44. The Morgan fingerprint density at radius 2 is 1.56 bits per heavy atom. The van der Waals surface area contributed by atoms with Crippen LogP contribution in [0.5, 0.6) is 0 Å². The van der Waals surface area contributed by atoms with Crippen LogP contribution in [0.25, 0.3) is 28.1 Å². The third-order valence-corrected chi connectivity index (χ3v) is 5.77. The summed E-state index contributed by atoms with van der Waals surface area (Å²) < 4.78 is 0. The number of aryl methyl sites for hydroxylation is 1. The van der Waals surface area contributed by atoms with Crippen LogP contribution in [0.3, 0.4) is 0 Å². The van der Waals surface area contributed by atoms with E-state index in [0.717, 1.165) is 39.2 Å². The molecule has 0 atom stereocenters. The summed E-state index contributed by atoms with van der Waals surface area (Å²) in [6.07, 6.45) is 7.64. The number of nitrogens with zero attached hydrogens (tertiary/aromatic N) is 2. The van der Waals surface area contributed by atoms with E-state index in [1.165, 1.54) is 19.3 Å². The van der Waals surface area contributed by atoms with Crippen LogP contribution in [0.4, 0.5) is 5.82 Å². The molecule has 2 aromatic carbocycles. The molecule has 4 rings (SSSR count). The van der Waals surface area contributed by atoms with Crippen molar-refractivity contribution in [1.82, 2.24) is 9.97 Å². The Morgan fingerprint density at radius 3 is 2.21 bits per heavy atom. The van der Waals surface area contributed by atoms with Gasteiger partial charge in [-0.15, -0.1) is 0 Å². The summed E-state index contributed by atoms with van der Waals surface area (Å²) in [7, 11) is 0. The second-order valence-corrected chi connectivity index (χ2v) is 8.52. The molecule has 0 bridgehead atoms. The summed E-state index contributed by atoms with van der Waals surface area (Å²) in [5.41, 5.74) is 6.77. The van der Waals surface area contributed by atoms with Gasteiger partial charge in [0.25, 0.3) is 0 Å². The molecule has 34 heavy (non-hydrogen) atoms. The van der Waals surface area contributed by atoms with Crippen molar-refractivity contribution in [3.8, 4) is 22.4 Å². The van der Waals surface area contributed by atoms with Crippen LogP contribution in [0.2, 0.25) is 5.02 Å². The average Bonchev–Trinajstić information content (AvgIpc) is 2.86. The molecule has 1 N–H and O–H groups in total. The molecular formula is C30H32ClN3. The molecule has 0 spiro atoms. The Bertz CT molecular complexity index is 1220. The van der Waals surface area contributed by atoms with Crippen molar-refractivity contribution in [3.63, 3.8) is 0 Å². The summed E-state index contributed by atoms with van der Waals surface area (Å²) >= 11 is 6.44. The lowest BCUT2D eigenvalue weighted by atomic mass is 10.0. The fourth-order valence-corrected chi connectivity index (χ4v) is 3.83. The van der Waals surface area contributed by atoms with Crippen molar-refractivity contribution in [2.24, 2.45) is 0 Å². The van der Waals surface area contributed by atoms with Crippen LogP contribution in [0.1, 0.15) is 44.2 Å². The molecule has 3 nitrogen and oxygen atoms in total. The molecule has 0 saturated heterocycles. The molecule has 174 valence electrons. The lowest BCUT2D eigenvalue weighted by Crippen LogP contribution is -2.02. The third kappa shape index (κ3) is 6.79. The van der Waals surface area contributed by atoms with Crippen molar-refractivity contribution in [2.75, 3.05) is 5.32 Å². The monoisotopic (exact) mass is 469 g/mol. The third-order valence-electron chi connectivity index (χ3n) is 5.45. The summed E-state index contributed by atoms with van der Waals surface area (Å²) in [5.74, 6) is 0.711. The minimum absolute atomic E-state index is 0.663. The quantitative estimate of drug-likeness (QED) is 0.293. The Kier molecular flexibility index (Phi) is 9.42. The van der Waals surface area contributed by atoms with Gasteiger partial charge in [-0.3, -0.25) is 4.98 Å². The fraction of sp³-hybridized carbons (Fsp3) is 0.200. The maximum Gasteiger partial charge on any atom is 0.131 e. The summed E-state index contributed by atoms with van der Waals surface area (Å²) in [6, 6.07) is 23.9. The molecule has 0 saturated carbocycles. The number of nitrogens with one attached hydrogen (secondary N) is 1. The zero-order chi connectivity index (χ0) is 24.3. The Hall–Kier alpha value is -3.43. The standard InChI is InChI=1S/C25H20ClN3.C5H12/c1-17-7-3-4-8-21(17)18(2)28-25-16-20(19-11-13-27-14-12-19)15-24(29-25)22-9-5-6-10-23(22)26;1-3-5-4-2/h3-16H,2H2,1H3,(H,28,29);3-5H2,1-2H3. The highest BCUT2D eigenvalue weighted by Gasteiger charge is 2.11. The number of pyridine rings is 2. The van der Waals surface area contributed by atoms with Crippen molar-refractivity contribution in [2.45, 2.75) is 40.0 Å². The Balaban J connectivity index is 0.000000588. The van der Waals surface area contributed by atoms with E-state index in [-0.39, 0.29) is 0 Å². The van der Waals surface area contributed by atoms with E-state index >= 15 is 0 Å². The molecular weight excluding hydrogens is 438 g/mol. The Labute approximate surface area is 208 Å². The maximum atomic E-state index is 6.44. The van der Waals surface area contributed by atoms with E-state index in [1.54, 1.807) is 12.4 Å². The lowest BCUT2D eigenvalue weighted by Gasteiger charge is -2.15. The summed E-state index contributed by atoms with van der Waals surface area (Å²) in [5, 5.41) is 4.04. The van der Waals surface area contributed by atoms with Crippen molar-refractivity contribution in [1.29, 1.82) is 0 Å². The topological polar surface area (TPSA) is 37.8 Å². The fourth-order valence-electron chi connectivity index (χ4n) is 3.60. The molecule has 0 amide bonds. The molecule has 2 heterocycles. The van der Waals surface area contributed by atoms with Gasteiger partial charge >= 0.3 is 0 Å². The smallest absolute Gasteiger partial charge is 0.131 e. The molecule has 0 fully saturated rings. The van der Waals surface area contributed by atoms with Gasteiger partial charge in [0.15, 0.2) is 0 Å². The molecule has 0 unspecified atom stereocenters. The van der Waals surface area contributed by atoms with Crippen LogP contribution in [-0.4, -0.2) is 9.97 Å². The van der Waals surface area contributed by atoms with Gasteiger partial charge in [0.1, 0.15) is 5.82 Å². The molecule has 4 aromatic rings. The molecule has 0 aliphatic carbocycles. The van der Waals surface area contributed by atoms with Gasteiger partial charge in [-0.2, -0.15) is 0 Å². The number of aromatic nitrogens is 2. The van der Waals surface area contributed by atoms with Gasteiger partial charge in [-0.25, -0.2) is 4.98 Å². The van der Waals surface area contributed by atoms with Crippen molar-refractivity contribution in [3.05, 3.63) is 108 Å². The molecule has 2 aromatic heterocycles. The van der Waals surface area contributed by atoms with Crippen LogP contribution in [0, 0.1) is 6.92 Å². The van der Waals surface area contributed by atoms with E-state index in [1.807, 2.05) is 66.7 Å². The second-order valence-electron chi connectivity index (χ2n) is 8.11. The predicted octanol–water partition coefficient (Wildman–Crippen LogP) is 9.05. The number of rotatable bonds is 7. The summed E-state index contributed by atoms with van der Waals surface area (Å²) in [4.78, 5) is 8.93. The van der Waals surface area contributed by atoms with E-state index < -0.39 is 0 Å². The number of hydrogen-bond donors (Lipinski definition) is 1. The van der Waals surface area contributed by atoms with Crippen molar-refractivity contribution < 1.29 is 0 Å². The first-order valence-corrected chi connectivity index (χ1v) is 12.1. The van der Waals surface area contributed by atoms with E-state index in [2.05, 4.69) is 43.7 Å². The predicted molar refractivity (Wildman–Crippen MR) is 147 cm³/mol. The van der Waals surface area contributed by atoms with Crippen LogP contribution >= 0.6 is 11.6 Å². The van der Waals surface area contributed by atoms with Gasteiger partial charge in [0.2, 0.25) is 0 Å². The van der Waals surface area contributed by atoms with Gasteiger partial charge in [0, 0.05) is 34.2 Å². The van der Waals surface area contributed by atoms with Gasteiger partial charge in [0.05, 0.1) is 5.69 Å². The van der Waals surface area contributed by atoms with E-state index in [4.69, 9.17) is 16.6 Å². The highest BCUT2D eigenvalue weighted by molar-refractivity contribution is 6.33. The lowest BCUT2D eigenvalue weighted by molar-refractivity contribution is 0.772. The first-order valence-electron chi connectivity index (χ1n) is 11.7. The number of unbranched alkanes of at least 4 members (excludes halogenated alkanes) is 2. The molecule has 0 aliphatic rings. The van der Waals surface area contributed by atoms with Gasteiger partial charge in [-0.05, 0) is 53.9 Å². The van der Waals surface area contributed by atoms with Crippen LogP contribution < -0.4 is 5.32 Å². The van der Waals surface area contributed by atoms with Crippen LogP contribution in [-0.2, 0) is 0 Å². The van der Waals surface area contributed by atoms with Gasteiger partial charge in [-0.1, -0.05) is 93.8 Å². The zero-order valence-corrected chi connectivity index (χ0v) is 20.9. The van der Waals surface area contributed by atoms with E-state index in [0.29, 0.717) is 10.8 Å². The van der Waals surface area contributed by atoms with Gasteiger partial charge < -0.3 is 5.32 Å². The molecule has 0 radical (unpaired) electrons. The second kappa shape index (κ2) is 12.7. The average molecular weight is 470 g/mol. The number of anilines is 1. The van der Waals surface area contributed by atoms with Crippen LogP contribution in [0.15, 0.2) is 91.8 Å². The minimum Gasteiger partial charge on any atom is -0.340 e. The SMILES string of the molecule is C=C(Nc1cc(-c2ccncc2)cc(-c2ccccc2Cl)n1)c1ccccc1C.CCCCC. The van der Waals surface area contributed by atoms with E-state index in [9.17, 15) is 0 Å².